The van der Waals surface area contributed by atoms with Crippen LogP contribution in [0.25, 0.3) is 0 Å². The van der Waals surface area contributed by atoms with Gasteiger partial charge in [0.25, 0.3) is 0 Å². The molecule has 0 bridgehead atoms. The third-order valence-corrected chi connectivity index (χ3v) is 2.45. The molecule has 0 aliphatic rings. The average molecular weight is 248 g/mol. The Bertz CT molecular complexity index is 505. The Kier molecular flexibility index (Phi) is 3.47. The molecule has 2 aromatic rings. The normalized spacial score (nSPS) is 12.0. The van der Waals surface area contributed by atoms with Crippen molar-refractivity contribution < 1.29 is 0 Å². The predicted molar refractivity (Wildman–Crippen MR) is 68.9 cm³/mol. The minimum atomic E-state index is 0.0758. The van der Waals surface area contributed by atoms with Gasteiger partial charge >= 0.3 is 0 Å². The fraction of sp³-hybridized carbons (Fsp3) is 0.583. The van der Waals surface area contributed by atoms with Crippen molar-refractivity contribution in [2.45, 2.75) is 39.4 Å². The second-order valence-electron chi connectivity index (χ2n) is 5.44. The van der Waals surface area contributed by atoms with Gasteiger partial charge < -0.3 is 5.32 Å². The molecule has 0 aliphatic carbocycles. The first-order chi connectivity index (χ1) is 8.42. The van der Waals surface area contributed by atoms with Crippen LogP contribution in [0, 0.1) is 0 Å². The minimum Gasteiger partial charge on any atom is -0.305 e. The van der Waals surface area contributed by atoms with Gasteiger partial charge in [0.2, 0.25) is 0 Å². The molecule has 0 radical (unpaired) electrons. The first-order valence-electron chi connectivity index (χ1n) is 6.04. The van der Waals surface area contributed by atoms with Crippen LogP contribution in [0.3, 0.4) is 0 Å². The van der Waals surface area contributed by atoms with Crippen molar-refractivity contribution in [3.05, 3.63) is 30.1 Å². The molecule has 0 spiro atoms. The molecule has 2 rings (SSSR count). The zero-order valence-electron chi connectivity index (χ0n) is 11.4. The van der Waals surface area contributed by atoms with Crippen LogP contribution < -0.4 is 5.32 Å². The van der Waals surface area contributed by atoms with Gasteiger partial charge in [0.1, 0.15) is 6.33 Å². The number of aryl methyl sites for hydroxylation is 1. The minimum absolute atomic E-state index is 0.0758. The molecule has 1 N–H and O–H groups in total. The highest BCUT2D eigenvalue weighted by Gasteiger charge is 2.10. The molecule has 0 saturated heterocycles. The van der Waals surface area contributed by atoms with Crippen LogP contribution in [-0.4, -0.2) is 30.1 Å². The standard InChI is InChI=1S/C12H20N6/c1-12(2,3)14-7-11-13-9-18(16-11)8-10-5-6-17(4)15-10/h5-6,9,14H,7-8H2,1-4H3. The van der Waals surface area contributed by atoms with Gasteiger partial charge in [0.05, 0.1) is 18.8 Å². The lowest BCUT2D eigenvalue weighted by Crippen LogP contribution is -2.35. The van der Waals surface area contributed by atoms with E-state index in [4.69, 9.17) is 0 Å². The molecule has 6 heteroatoms. The van der Waals surface area contributed by atoms with Crippen LogP contribution >= 0.6 is 0 Å². The van der Waals surface area contributed by atoms with Crippen molar-refractivity contribution in [2.75, 3.05) is 0 Å². The van der Waals surface area contributed by atoms with E-state index in [1.807, 2.05) is 24.0 Å². The fourth-order valence-electron chi connectivity index (χ4n) is 1.55. The summed E-state index contributed by atoms with van der Waals surface area (Å²) in [5, 5.41) is 12.1. The van der Waals surface area contributed by atoms with Gasteiger partial charge in [-0.25, -0.2) is 9.67 Å². The first kappa shape index (κ1) is 12.8. The van der Waals surface area contributed by atoms with Gasteiger partial charge in [-0.2, -0.15) is 10.2 Å². The molecule has 2 aromatic heterocycles. The molecule has 0 aliphatic heterocycles. The highest BCUT2D eigenvalue weighted by atomic mass is 15.3. The van der Waals surface area contributed by atoms with Crippen LogP contribution in [-0.2, 0) is 20.1 Å². The third kappa shape index (κ3) is 3.66. The Labute approximate surface area is 107 Å². The van der Waals surface area contributed by atoms with E-state index in [0.717, 1.165) is 11.5 Å². The Morgan fingerprint density at radius 3 is 2.67 bits per heavy atom. The zero-order valence-corrected chi connectivity index (χ0v) is 11.4. The summed E-state index contributed by atoms with van der Waals surface area (Å²) < 4.78 is 3.59. The molecule has 2 heterocycles. The van der Waals surface area contributed by atoms with E-state index in [2.05, 4.69) is 41.3 Å². The molecular weight excluding hydrogens is 228 g/mol. The van der Waals surface area contributed by atoms with Crippen LogP contribution in [0.1, 0.15) is 32.3 Å². The van der Waals surface area contributed by atoms with Crippen molar-refractivity contribution in [1.29, 1.82) is 0 Å². The van der Waals surface area contributed by atoms with Crippen LogP contribution in [0.15, 0.2) is 18.6 Å². The van der Waals surface area contributed by atoms with Crippen molar-refractivity contribution >= 4 is 0 Å². The Morgan fingerprint density at radius 1 is 1.28 bits per heavy atom. The topological polar surface area (TPSA) is 60.6 Å². The van der Waals surface area contributed by atoms with Gasteiger partial charge in [-0.15, -0.1) is 0 Å². The number of rotatable bonds is 4. The number of hydrogen-bond acceptors (Lipinski definition) is 4. The largest absolute Gasteiger partial charge is 0.305 e. The molecule has 0 saturated carbocycles. The first-order valence-corrected chi connectivity index (χ1v) is 6.04. The predicted octanol–water partition coefficient (Wildman–Crippen LogP) is 0.948. The third-order valence-electron chi connectivity index (χ3n) is 2.45. The van der Waals surface area contributed by atoms with E-state index in [0.29, 0.717) is 13.1 Å². The fourth-order valence-corrected chi connectivity index (χ4v) is 1.55. The molecule has 0 atom stereocenters. The van der Waals surface area contributed by atoms with Crippen LogP contribution in [0.4, 0.5) is 0 Å². The van der Waals surface area contributed by atoms with Gasteiger partial charge in [-0.1, -0.05) is 0 Å². The number of aromatic nitrogens is 5. The lowest BCUT2D eigenvalue weighted by molar-refractivity contribution is 0.417. The van der Waals surface area contributed by atoms with Gasteiger partial charge in [0.15, 0.2) is 5.82 Å². The summed E-state index contributed by atoms with van der Waals surface area (Å²) in [6, 6.07) is 1.98. The number of nitrogens with zero attached hydrogens (tertiary/aromatic N) is 5. The molecule has 0 unspecified atom stereocenters. The quantitative estimate of drug-likeness (QED) is 0.875. The monoisotopic (exact) mass is 248 g/mol. The lowest BCUT2D eigenvalue weighted by atomic mass is 10.1. The smallest absolute Gasteiger partial charge is 0.164 e. The SMILES string of the molecule is Cn1ccc(Cn2cnc(CNC(C)(C)C)n2)n1. The van der Waals surface area contributed by atoms with Gasteiger partial charge in [-0.05, 0) is 26.8 Å². The molecule has 0 fully saturated rings. The molecule has 6 nitrogen and oxygen atoms in total. The summed E-state index contributed by atoms with van der Waals surface area (Å²) in [5.74, 6) is 0.806. The second-order valence-corrected chi connectivity index (χ2v) is 5.44. The van der Waals surface area contributed by atoms with Crippen molar-refractivity contribution in [2.24, 2.45) is 7.05 Å². The zero-order chi connectivity index (χ0) is 13.2. The highest BCUT2D eigenvalue weighted by Crippen LogP contribution is 2.02. The molecule has 0 amide bonds. The van der Waals surface area contributed by atoms with Crippen molar-refractivity contribution in [3.8, 4) is 0 Å². The van der Waals surface area contributed by atoms with Crippen molar-refractivity contribution in [1.82, 2.24) is 29.9 Å². The molecule has 0 aromatic carbocycles. The van der Waals surface area contributed by atoms with E-state index in [9.17, 15) is 0 Å². The van der Waals surface area contributed by atoms with E-state index < -0.39 is 0 Å². The Hall–Kier alpha value is -1.69. The highest BCUT2D eigenvalue weighted by molar-refractivity contribution is 4.99. The van der Waals surface area contributed by atoms with Crippen LogP contribution in [0.5, 0.6) is 0 Å². The molecule has 98 valence electrons. The maximum atomic E-state index is 4.41. The summed E-state index contributed by atoms with van der Waals surface area (Å²) >= 11 is 0. The van der Waals surface area contributed by atoms with Crippen molar-refractivity contribution in [3.63, 3.8) is 0 Å². The molecule has 18 heavy (non-hydrogen) atoms. The van der Waals surface area contributed by atoms with E-state index in [1.165, 1.54) is 0 Å². The summed E-state index contributed by atoms with van der Waals surface area (Å²) in [4.78, 5) is 4.28. The Morgan fingerprint density at radius 2 is 2.06 bits per heavy atom. The summed E-state index contributed by atoms with van der Waals surface area (Å²) in [7, 11) is 1.91. The van der Waals surface area contributed by atoms with E-state index in [-0.39, 0.29) is 5.54 Å². The van der Waals surface area contributed by atoms with E-state index in [1.54, 1.807) is 11.0 Å². The summed E-state index contributed by atoms with van der Waals surface area (Å²) in [6.45, 7) is 7.70. The summed E-state index contributed by atoms with van der Waals surface area (Å²) in [5.41, 5.74) is 1.06. The van der Waals surface area contributed by atoms with Gasteiger partial charge in [-0.3, -0.25) is 4.68 Å². The Balaban J connectivity index is 1.94. The van der Waals surface area contributed by atoms with Gasteiger partial charge in [0, 0.05) is 18.8 Å². The maximum absolute atomic E-state index is 4.41. The number of nitrogens with one attached hydrogen (secondary N) is 1. The maximum Gasteiger partial charge on any atom is 0.164 e. The average Bonchev–Trinajstić information content (AvgIpc) is 2.85. The molecular formula is C12H20N6. The summed E-state index contributed by atoms with van der Waals surface area (Å²) in [6.07, 6.45) is 3.67. The van der Waals surface area contributed by atoms with Crippen LogP contribution in [0.2, 0.25) is 0 Å². The second kappa shape index (κ2) is 4.89. The van der Waals surface area contributed by atoms with E-state index >= 15 is 0 Å². The number of hydrogen-bond donors (Lipinski definition) is 1. The lowest BCUT2D eigenvalue weighted by Gasteiger charge is -2.19.